The normalized spacial score (nSPS) is 14.7. The molecule has 84 heavy (non-hydrogen) atoms. The molecule has 0 atom stereocenters. The lowest BCUT2D eigenvalue weighted by Gasteiger charge is -2.42. The Balaban J connectivity index is 1.07. The molecule has 0 saturated heterocycles. The van der Waals surface area contributed by atoms with Gasteiger partial charge in [0.25, 0.3) is 0 Å². The summed E-state index contributed by atoms with van der Waals surface area (Å²) in [5, 5.41) is 2.42. The van der Waals surface area contributed by atoms with Gasteiger partial charge < -0.3 is 9.64 Å². The molecule has 11 aromatic carbocycles. The molecule has 2 spiro atoms. The highest BCUT2D eigenvalue weighted by molar-refractivity contribution is 6.03. The maximum absolute atomic E-state index is 7.74. The van der Waals surface area contributed by atoms with E-state index in [9.17, 15) is 0 Å². The van der Waals surface area contributed by atoms with Gasteiger partial charge in [-0.3, -0.25) is 0 Å². The summed E-state index contributed by atoms with van der Waals surface area (Å²) in [5.41, 5.74) is 27.0. The molecule has 1 heterocycles. The SMILES string of the molecule is CC(C)(C)c1ccc2c(c1)C1(c3ccccc3-c3ccc(N(c4ccccc4-c4cccc5ccccc45)c4cccc5c4Oc4ccccc4C54c5cc(C(C)(C)C)ccc5-c5ccc(C(C)(C)C)cc54)cc31)c1cc(C(C)(C)C)ccc1-2. The van der Waals surface area contributed by atoms with Crippen molar-refractivity contribution in [2.24, 2.45) is 0 Å². The minimum absolute atomic E-state index is 0.0716. The number of nitrogens with zero attached hydrogens (tertiary/aromatic N) is 1. The molecule has 1 aliphatic heterocycles. The second-order valence-electron chi connectivity index (χ2n) is 28.4. The van der Waals surface area contributed by atoms with Crippen LogP contribution < -0.4 is 9.64 Å². The lowest BCUT2D eigenvalue weighted by molar-refractivity contribution is 0.437. The van der Waals surface area contributed by atoms with Crippen LogP contribution in [0, 0.1) is 0 Å². The van der Waals surface area contributed by atoms with Crippen LogP contribution in [0.3, 0.4) is 0 Å². The smallest absolute Gasteiger partial charge is 0.156 e. The molecule has 412 valence electrons. The van der Waals surface area contributed by atoms with E-state index in [1.54, 1.807) is 0 Å². The lowest BCUT2D eigenvalue weighted by atomic mass is 9.64. The molecule has 0 fully saturated rings. The third kappa shape index (κ3) is 7.35. The molecule has 0 saturated carbocycles. The van der Waals surface area contributed by atoms with Gasteiger partial charge in [0.2, 0.25) is 0 Å². The standard InChI is InChI=1S/C82H73NO/c1-77(2,3)51-35-40-59-60-41-36-52(78(4,5)6)46-69(60)81(68(59)45-51)65-29-17-15-26-58(65)63-44-39-55(49-72(63)81)83(73-32-19-16-27-64(73)57-28-21-24-50-23-13-14-25-56(50)57)74-33-22-31-67-76(74)84-75-34-20-18-30-66(75)82(67)70-47-53(79(7,8)9)37-42-61(70)62-43-38-54(48-71(62)82)80(10,11)12/h13-49H,1-12H3. The Kier molecular flexibility index (Phi) is 11.1. The minimum atomic E-state index is -0.718. The first-order chi connectivity index (χ1) is 40.2. The van der Waals surface area contributed by atoms with Crippen molar-refractivity contribution in [3.05, 3.63) is 291 Å². The lowest BCUT2D eigenvalue weighted by Crippen LogP contribution is -2.33. The average Bonchev–Trinajstić information content (AvgIpc) is 1.50. The fraction of sp³-hybridized carbons (Fsp3) is 0.220. The zero-order valence-electron chi connectivity index (χ0n) is 50.7. The molecule has 2 heteroatoms. The number of hydrogen-bond donors (Lipinski definition) is 0. The van der Waals surface area contributed by atoms with Crippen LogP contribution in [0.2, 0.25) is 0 Å². The number of para-hydroxylation sites is 3. The monoisotopic (exact) mass is 1090 g/mol. The fourth-order valence-corrected chi connectivity index (χ4v) is 15.1. The first kappa shape index (κ1) is 52.1. The van der Waals surface area contributed by atoms with Crippen molar-refractivity contribution in [1.82, 2.24) is 0 Å². The van der Waals surface area contributed by atoms with E-state index in [0.29, 0.717) is 0 Å². The average molecular weight is 1090 g/mol. The minimum Gasteiger partial charge on any atom is -0.454 e. The number of benzene rings is 11. The Morgan fingerprint density at radius 2 is 0.667 bits per heavy atom. The summed E-state index contributed by atoms with van der Waals surface area (Å²) in [6, 6.07) is 86.5. The maximum Gasteiger partial charge on any atom is 0.156 e. The number of hydrogen-bond acceptors (Lipinski definition) is 2. The molecule has 4 aliphatic rings. The van der Waals surface area contributed by atoms with E-state index in [1.165, 1.54) is 105 Å². The third-order valence-electron chi connectivity index (χ3n) is 19.4. The maximum atomic E-state index is 7.74. The summed E-state index contributed by atoms with van der Waals surface area (Å²) in [6.45, 7) is 28.1. The topological polar surface area (TPSA) is 12.5 Å². The molecular weight excluding hydrogens is 1010 g/mol. The molecule has 0 unspecified atom stereocenters. The summed E-state index contributed by atoms with van der Waals surface area (Å²) in [7, 11) is 0. The van der Waals surface area contributed by atoms with Gasteiger partial charge in [0, 0.05) is 22.4 Å². The summed E-state index contributed by atoms with van der Waals surface area (Å²) < 4.78 is 7.74. The first-order valence-corrected chi connectivity index (χ1v) is 30.3. The Labute approximate surface area is 497 Å². The highest BCUT2D eigenvalue weighted by Gasteiger charge is 2.55. The zero-order chi connectivity index (χ0) is 58.0. The molecule has 3 aliphatic carbocycles. The van der Waals surface area contributed by atoms with E-state index in [-0.39, 0.29) is 21.7 Å². The van der Waals surface area contributed by atoms with E-state index in [1.807, 2.05) is 0 Å². The van der Waals surface area contributed by atoms with Gasteiger partial charge >= 0.3 is 0 Å². The van der Waals surface area contributed by atoms with Gasteiger partial charge in [-0.2, -0.15) is 0 Å². The van der Waals surface area contributed by atoms with Crippen molar-refractivity contribution in [3.8, 4) is 56.0 Å². The van der Waals surface area contributed by atoms with Crippen molar-refractivity contribution >= 4 is 27.8 Å². The summed E-state index contributed by atoms with van der Waals surface area (Å²) >= 11 is 0. The first-order valence-electron chi connectivity index (χ1n) is 30.3. The Morgan fingerprint density at radius 1 is 0.286 bits per heavy atom. The summed E-state index contributed by atoms with van der Waals surface area (Å²) in [4.78, 5) is 2.55. The Bertz CT molecular complexity index is 4440. The van der Waals surface area contributed by atoms with Crippen LogP contribution >= 0.6 is 0 Å². The van der Waals surface area contributed by atoms with Gasteiger partial charge in [-0.05, 0) is 157 Å². The second kappa shape index (κ2) is 17.9. The van der Waals surface area contributed by atoms with Gasteiger partial charge in [-0.1, -0.05) is 277 Å². The molecule has 0 N–H and O–H groups in total. The number of rotatable bonds is 4. The predicted molar refractivity (Wildman–Crippen MR) is 353 cm³/mol. The Hall–Kier alpha value is -8.72. The van der Waals surface area contributed by atoms with Crippen molar-refractivity contribution in [2.75, 3.05) is 4.90 Å². The van der Waals surface area contributed by atoms with Crippen molar-refractivity contribution in [1.29, 1.82) is 0 Å². The summed E-state index contributed by atoms with van der Waals surface area (Å²) in [6.07, 6.45) is 0. The Morgan fingerprint density at radius 3 is 1.23 bits per heavy atom. The number of anilines is 3. The number of fused-ring (bicyclic) bond motifs is 20. The van der Waals surface area contributed by atoms with E-state index in [4.69, 9.17) is 4.74 Å². The zero-order valence-corrected chi connectivity index (χ0v) is 50.7. The molecule has 11 aromatic rings. The second-order valence-corrected chi connectivity index (χ2v) is 28.4. The molecule has 0 radical (unpaired) electrons. The molecular formula is C82H73NO. The predicted octanol–water partition coefficient (Wildman–Crippen LogP) is 22.0. The number of ether oxygens (including phenoxy) is 1. The summed E-state index contributed by atoms with van der Waals surface area (Å²) in [5.74, 6) is 1.72. The highest BCUT2D eigenvalue weighted by atomic mass is 16.5. The van der Waals surface area contributed by atoms with Crippen LogP contribution in [0.15, 0.2) is 224 Å². The van der Waals surface area contributed by atoms with Crippen molar-refractivity contribution < 1.29 is 4.74 Å². The van der Waals surface area contributed by atoms with Gasteiger partial charge in [0.05, 0.1) is 22.2 Å². The third-order valence-corrected chi connectivity index (χ3v) is 19.4. The largest absolute Gasteiger partial charge is 0.454 e. The fourth-order valence-electron chi connectivity index (χ4n) is 15.1. The molecule has 0 aromatic heterocycles. The van der Waals surface area contributed by atoms with Crippen LogP contribution in [0.5, 0.6) is 11.5 Å². The van der Waals surface area contributed by atoms with Gasteiger partial charge in [-0.15, -0.1) is 0 Å². The molecule has 2 nitrogen and oxygen atoms in total. The molecule has 15 rings (SSSR count). The highest BCUT2D eigenvalue weighted by Crippen LogP contribution is 2.67. The van der Waals surface area contributed by atoms with Crippen LogP contribution in [-0.4, -0.2) is 0 Å². The van der Waals surface area contributed by atoms with Crippen LogP contribution in [0.4, 0.5) is 17.1 Å². The quantitative estimate of drug-likeness (QED) is 0.174. The van der Waals surface area contributed by atoms with E-state index >= 15 is 0 Å². The van der Waals surface area contributed by atoms with Crippen LogP contribution in [0.25, 0.3) is 55.3 Å². The van der Waals surface area contributed by atoms with Crippen LogP contribution in [-0.2, 0) is 32.5 Å². The van der Waals surface area contributed by atoms with Gasteiger partial charge in [0.1, 0.15) is 5.75 Å². The van der Waals surface area contributed by atoms with Crippen molar-refractivity contribution in [2.45, 2.75) is 116 Å². The van der Waals surface area contributed by atoms with E-state index < -0.39 is 10.8 Å². The van der Waals surface area contributed by atoms with Gasteiger partial charge in [0.15, 0.2) is 5.75 Å². The molecule has 0 amide bonds. The van der Waals surface area contributed by atoms with Crippen molar-refractivity contribution in [3.63, 3.8) is 0 Å². The van der Waals surface area contributed by atoms with E-state index in [0.717, 1.165) is 45.3 Å². The van der Waals surface area contributed by atoms with Gasteiger partial charge in [-0.25, -0.2) is 0 Å². The van der Waals surface area contributed by atoms with Crippen LogP contribution in [0.1, 0.15) is 150 Å². The van der Waals surface area contributed by atoms with E-state index in [2.05, 4.69) is 312 Å². The molecule has 0 bridgehead atoms.